The number of sulfonamides is 1. The topological polar surface area (TPSA) is 94.0 Å². The molecule has 1 N–H and O–H groups in total. The zero-order valence-corrected chi connectivity index (χ0v) is 18.8. The number of aromatic nitrogens is 3. The van der Waals surface area contributed by atoms with E-state index >= 15 is 0 Å². The number of carbonyl (C=O) groups is 1. The first kappa shape index (κ1) is 22.9. The zero-order valence-electron chi connectivity index (χ0n) is 17.3. The predicted molar refractivity (Wildman–Crippen MR) is 118 cm³/mol. The molecule has 0 saturated carbocycles. The van der Waals surface area contributed by atoms with E-state index in [-0.39, 0.29) is 12.2 Å². The number of benzene rings is 1. The fourth-order valence-electron chi connectivity index (χ4n) is 3.16. The molecule has 0 amide bonds. The molecule has 10 heteroatoms. The van der Waals surface area contributed by atoms with E-state index in [4.69, 9.17) is 11.6 Å². The Morgan fingerprint density at radius 2 is 2.03 bits per heavy atom. The van der Waals surface area contributed by atoms with Crippen molar-refractivity contribution in [2.75, 3.05) is 11.0 Å². The average molecular weight is 465 g/mol. The van der Waals surface area contributed by atoms with Gasteiger partial charge in [-0.3, -0.25) is 9.52 Å². The van der Waals surface area contributed by atoms with Crippen LogP contribution in [0.15, 0.2) is 42.6 Å². The summed E-state index contributed by atoms with van der Waals surface area (Å²) in [6.45, 7) is 3.54. The molecule has 0 aliphatic carbocycles. The highest BCUT2D eigenvalue weighted by molar-refractivity contribution is 7.92. The smallest absolute Gasteiger partial charge is 0.231 e. The summed E-state index contributed by atoms with van der Waals surface area (Å²) in [6.07, 6.45) is 2.88. The molecule has 164 valence electrons. The van der Waals surface area contributed by atoms with Crippen molar-refractivity contribution < 1.29 is 17.6 Å². The lowest BCUT2D eigenvalue weighted by Crippen LogP contribution is -2.15. The van der Waals surface area contributed by atoms with E-state index in [1.165, 1.54) is 6.20 Å². The molecule has 0 aliphatic rings. The zero-order chi connectivity index (χ0) is 22.8. The summed E-state index contributed by atoms with van der Waals surface area (Å²) >= 11 is 6.08. The first-order chi connectivity index (χ1) is 14.5. The molecule has 2 heterocycles. The van der Waals surface area contributed by atoms with Gasteiger partial charge in [0.2, 0.25) is 10.0 Å². The van der Waals surface area contributed by atoms with Crippen molar-refractivity contribution in [3.63, 3.8) is 0 Å². The number of hydrogen-bond acceptors (Lipinski definition) is 5. The van der Waals surface area contributed by atoms with Gasteiger partial charge in [0.15, 0.2) is 11.6 Å². The molecule has 3 aromatic rings. The standard InChI is InChI=1S/C21H22ClFN4O3S/c1-13-9-18(27(25-13)17-6-4-5-16(22)11-17)7-8-20(28)14(2)15-10-19(23)21(24-12-15)26-31(3,29)30/h4-6,9-12,14H,7-8H2,1-3H3,(H,24,26). The number of carbonyl (C=O) groups excluding carboxylic acids is 1. The number of halogens is 2. The van der Waals surface area contributed by atoms with Gasteiger partial charge >= 0.3 is 0 Å². The van der Waals surface area contributed by atoms with Crippen LogP contribution in [0, 0.1) is 12.7 Å². The van der Waals surface area contributed by atoms with Crippen molar-refractivity contribution in [3.8, 4) is 5.69 Å². The highest BCUT2D eigenvalue weighted by Crippen LogP contribution is 2.23. The maximum atomic E-state index is 14.2. The Kier molecular flexibility index (Phi) is 6.76. The highest BCUT2D eigenvalue weighted by atomic mass is 35.5. The van der Waals surface area contributed by atoms with Crippen LogP contribution in [0.4, 0.5) is 10.2 Å². The normalized spacial score (nSPS) is 12.5. The Hall–Kier alpha value is -2.78. The number of Topliss-reactive ketones (excluding diaryl/α,β-unsaturated/α-hetero) is 1. The van der Waals surface area contributed by atoms with Crippen LogP contribution in [0.2, 0.25) is 5.02 Å². The summed E-state index contributed by atoms with van der Waals surface area (Å²) in [5.74, 6) is -1.93. The molecule has 3 rings (SSSR count). The maximum Gasteiger partial charge on any atom is 0.231 e. The molecule has 0 bridgehead atoms. The van der Waals surface area contributed by atoms with Gasteiger partial charge < -0.3 is 0 Å². The fraction of sp³-hybridized carbons (Fsp3) is 0.286. The van der Waals surface area contributed by atoms with Gasteiger partial charge in [-0.1, -0.05) is 24.6 Å². The summed E-state index contributed by atoms with van der Waals surface area (Å²) in [5.41, 5.74) is 2.85. The quantitative estimate of drug-likeness (QED) is 0.542. The molecule has 1 aromatic carbocycles. The van der Waals surface area contributed by atoms with Crippen molar-refractivity contribution in [2.24, 2.45) is 0 Å². The average Bonchev–Trinajstić information content (AvgIpc) is 3.07. The molecular formula is C21H22ClFN4O3S. The van der Waals surface area contributed by atoms with Gasteiger partial charge in [0.05, 0.1) is 17.6 Å². The molecule has 0 spiro atoms. The van der Waals surface area contributed by atoms with Crippen LogP contribution >= 0.6 is 11.6 Å². The third-order valence-electron chi connectivity index (χ3n) is 4.71. The Morgan fingerprint density at radius 1 is 1.29 bits per heavy atom. The lowest BCUT2D eigenvalue weighted by atomic mass is 9.95. The summed E-state index contributed by atoms with van der Waals surface area (Å²) in [7, 11) is -3.65. The van der Waals surface area contributed by atoms with E-state index in [2.05, 4.69) is 10.1 Å². The van der Waals surface area contributed by atoms with Crippen LogP contribution in [0.25, 0.3) is 5.69 Å². The van der Waals surface area contributed by atoms with Gasteiger partial charge in [-0.15, -0.1) is 0 Å². The van der Waals surface area contributed by atoms with Gasteiger partial charge in [-0.2, -0.15) is 5.10 Å². The first-order valence-electron chi connectivity index (χ1n) is 9.51. The van der Waals surface area contributed by atoms with Gasteiger partial charge in [0, 0.05) is 29.3 Å². The van der Waals surface area contributed by atoms with Crippen LogP contribution < -0.4 is 4.72 Å². The minimum atomic E-state index is -3.65. The lowest BCUT2D eigenvalue weighted by molar-refractivity contribution is -0.120. The van der Waals surface area contributed by atoms with Crippen molar-refractivity contribution in [3.05, 3.63) is 70.4 Å². The number of anilines is 1. The summed E-state index contributed by atoms with van der Waals surface area (Å²) in [6, 6.07) is 10.3. The molecule has 0 aliphatic heterocycles. The number of hydrogen-bond donors (Lipinski definition) is 1. The first-order valence-corrected chi connectivity index (χ1v) is 11.8. The van der Waals surface area contributed by atoms with E-state index in [9.17, 15) is 17.6 Å². The van der Waals surface area contributed by atoms with E-state index in [1.54, 1.807) is 23.7 Å². The molecular weight excluding hydrogens is 443 g/mol. The minimum absolute atomic E-state index is 0.0958. The number of pyridine rings is 1. The number of nitrogens with zero attached hydrogens (tertiary/aromatic N) is 3. The Morgan fingerprint density at radius 3 is 2.68 bits per heavy atom. The molecule has 1 atom stereocenters. The number of nitrogens with one attached hydrogen (secondary N) is 1. The van der Waals surface area contributed by atoms with Crippen LogP contribution in [-0.2, 0) is 21.2 Å². The minimum Gasteiger partial charge on any atom is -0.299 e. The van der Waals surface area contributed by atoms with Crippen LogP contribution in [0.3, 0.4) is 0 Å². The van der Waals surface area contributed by atoms with Crippen molar-refractivity contribution in [1.82, 2.24) is 14.8 Å². The second kappa shape index (κ2) is 9.15. The fourth-order valence-corrected chi connectivity index (χ4v) is 3.84. The molecule has 1 unspecified atom stereocenters. The lowest BCUT2D eigenvalue weighted by Gasteiger charge is -2.13. The highest BCUT2D eigenvalue weighted by Gasteiger charge is 2.19. The van der Waals surface area contributed by atoms with E-state index in [1.807, 2.05) is 29.8 Å². The second-order valence-electron chi connectivity index (χ2n) is 7.33. The summed E-state index contributed by atoms with van der Waals surface area (Å²) < 4.78 is 40.5. The summed E-state index contributed by atoms with van der Waals surface area (Å²) in [4.78, 5) is 16.5. The van der Waals surface area contributed by atoms with Crippen molar-refractivity contribution in [1.29, 1.82) is 0 Å². The molecule has 31 heavy (non-hydrogen) atoms. The third-order valence-corrected chi connectivity index (χ3v) is 5.51. The predicted octanol–water partition coefficient (Wildman–Crippen LogP) is 4.05. The summed E-state index contributed by atoms with van der Waals surface area (Å²) in [5, 5.41) is 5.07. The molecule has 2 aromatic heterocycles. The van der Waals surface area contributed by atoms with Gasteiger partial charge in [-0.05, 0) is 49.2 Å². The van der Waals surface area contributed by atoms with Crippen molar-refractivity contribution in [2.45, 2.75) is 32.6 Å². The van der Waals surface area contributed by atoms with Gasteiger partial charge in [0.25, 0.3) is 0 Å². The number of ketones is 1. The van der Waals surface area contributed by atoms with E-state index < -0.39 is 27.6 Å². The van der Waals surface area contributed by atoms with E-state index in [0.717, 1.165) is 29.4 Å². The van der Waals surface area contributed by atoms with Crippen LogP contribution in [-0.4, -0.2) is 35.2 Å². The largest absolute Gasteiger partial charge is 0.299 e. The molecule has 7 nitrogen and oxygen atoms in total. The van der Waals surface area contributed by atoms with Gasteiger partial charge in [-0.25, -0.2) is 22.5 Å². The maximum absolute atomic E-state index is 14.2. The second-order valence-corrected chi connectivity index (χ2v) is 9.51. The third kappa shape index (κ3) is 5.89. The van der Waals surface area contributed by atoms with Crippen LogP contribution in [0.1, 0.15) is 36.2 Å². The van der Waals surface area contributed by atoms with Crippen molar-refractivity contribution >= 4 is 33.2 Å². The Bertz CT molecular complexity index is 1230. The molecule has 0 radical (unpaired) electrons. The monoisotopic (exact) mass is 464 g/mol. The number of rotatable bonds is 8. The van der Waals surface area contributed by atoms with Gasteiger partial charge in [0.1, 0.15) is 5.78 Å². The SMILES string of the molecule is Cc1cc(CCC(=O)C(C)c2cnc(NS(C)(=O)=O)c(F)c2)n(-c2cccc(Cl)c2)n1. The van der Waals surface area contributed by atoms with Crippen LogP contribution in [0.5, 0.6) is 0 Å². The number of aryl methyl sites for hydroxylation is 2. The Labute approximate surface area is 185 Å². The molecule has 0 fully saturated rings. The van der Waals surface area contributed by atoms with E-state index in [0.29, 0.717) is 17.0 Å². The Balaban J connectivity index is 1.72. The molecule has 0 saturated heterocycles.